The summed E-state index contributed by atoms with van der Waals surface area (Å²) in [6, 6.07) is 7.87. The smallest absolute Gasteiger partial charge is 0.308 e. The highest BCUT2D eigenvalue weighted by molar-refractivity contribution is 6.09. The molecule has 0 bridgehead atoms. The molecule has 1 atom stereocenters. The fraction of sp³-hybridized carbons (Fsp3) is 0.286. The number of rotatable bonds is 4. The molecule has 8 nitrogen and oxygen atoms in total. The molecular formula is C21H19FN2O6. The topological polar surface area (TPSA) is 94.2 Å². The van der Waals surface area contributed by atoms with Crippen molar-refractivity contribution in [3.05, 3.63) is 47.8 Å². The molecule has 2 aliphatic heterocycles. The number of hydrogen-bond acceptors (Lipinski definition) is 6. The fourth-order valence-electron chi connectivity index (χ4n) is 3.45. The van der Waals surface area contributed by atoms with E-state index in [1.54, 1.807) is 19.1 Å². The first-order valence-corrected chi connectivity index (χ1v) is 9.44. The number of nitrogens with one attached hydrogen (secondary N) is 1. The summed E-state index contributed by atoms with van der Waals surface area (Å²) >= 11 is 0. The van der Waals surface area contributed by atoms with E-state index < -0.39 is 23.7 Å². The average molecular weight is 414 g/mol. The number of carbonyl (C=O) groups is 3. The number of ether oxygens (including phenoxy) is 3. The summed E-state index contributed by atoms with van der Waals surface area (Å²) in [5.74, 6) is -1.06. The highest BCUT2D eigenvalue weighted by atomic mass is 19.1. The monoisotopic (exact) mass is 414 g/mol. The predicted molar refractivity (Wildman–Crippen MR) is 104 cm³/mol. The largest absolute Gasteiger partial charge is 0.489 e. The van der Waals surface area contributed by atoms with Crippen LogP contribution in [-0.4, -0.2) is 43.6 Å². The Hall–Kier alpha value is -3.62. The summed E-state index contributed by atoms with van der Waals surface area (Å²) in [5, 5.41) is 2.66. The third kappa shape index (κ3) is 3.78. The number of anilines is 2. The molecule has 9 heteroatoms. The highest BCUT2D eigenvalue weighted by Crippen LogP contribution is 2.37. The number of nitrogens with zero attached hydrogens (tertiary/aromatic N) is 1. The van der Waals surface area contributed by atoms with E-state index in [4.69, 9.17) is 14.2 Å². The minimum absolute atomic E-state index is 0.00575. The van der Waals surface area contributed by atoms with Crippen molar-refractivity contribution in [3.8, 4) is 11.5 Å². The molecule has 2 aromatic carbocycles. The second-order valence-electron chi connectivity index (χ2n) is 6.81. The number of amides is 2. The van der Waals surface area contributed by atoms with E-state index in [1.807, 2.05) is 0 Å². The van der Waals surface area contributed by atoms with Gasteiger partial charge >= 0.3 is 5.97 Å². The Balaban J connectivity index is 1.70. The van der Waals surface area contributed by atoms with Gasteiger partial charge in [-0.05, 0) is 37.3 Å². The van der Waals surface area contributed by atoms with Crippen LogP contribution in [0.25, 0.3) is 0 Å². The summed E-state index contributed by atoms with van der Waals surface area (Å²) < 4.78 is 29.6. The third-order valence-electron chi connectivity index (χ3n) is 4.76. The Bertz CT molecular complexity index is 1020. The van der Waals surface area contributed by atoms with Crippen molar-refractivity contribution in [2.24, 2.45) is 0 Å². The molecule has 2 aliphatic rings. The highest BCUT2D eigenvalue weighted by Gasteiger charge is 2.35. The lowest BCUT2D eigenvalue weighted by Crippen LogP contribution is -2.48. The fourth-order valence-corrected chi connectivity index (χ4v) is 3.45. The Morgan fingerprint density at radius 2 is 2.03 bits per heavy atom. The Kier molecular flexibility index (Phi) is 5.26. The molecule has 1 N–H and O–H groups in total. The van der Waals surface area contributed by atoms with E-state index >= 15 is 0 Å². The molecule has 2 amide bonds. The lowest BCUT2D eigenvalue weighted by atomic mass is 10.0. The zero-order valence-electron chi connectivity index (χ0n) is 16.1. The second-order valence-corrected chi connectivity index (χ2v) is 6.81. The molecule has 0 fully saturated rings. The zero-order chi connectivity index (χ0) is 21.3. The zero-order valence-corrected chi connectivity index (χ0v) is 16.1. The first-order chi connectivity index (χ1) is 14.5. The first-order valence-electron chi connectivity index (χ1n) is 9.44. The molecule has 0 radical (unpaired) electrons. The number of fused-ring (bicyclic) bond motifs is 2. The van der Waals surface area contributed by atoms with Gasteiger partial charge in [-0.1, -0.05) is 0 Å². The van der Waals surface area contributed by atoms with Gasteiger partial charge in [-0.25, -0.2) is 4.39 Å². The van der Waals surface area contributed by atoms with Gasteiger partial charge in [-0.15, -0.1) is 0 Å². The van der Waals surface area contributed by atoms with Crippen LogP contribution in [0.4, 0.5) is 15.8 Å². The maximum Gasteiger partial charge on any atom is 0.308 e. The Labute approximate surface area is 171 Å². The lowest BCUT2D eigenvalue weighted by Gasteiger charge is -2.36. The van der Waals surface area contributed by atoms with Gasteiger partial charge in [0.2, 0.25) is 0 Å². The van der Waals surface area contributed by atoms with Crippen LogP contribution in [0, 0.1) is 5.82 Å². The minimum atomic E-state index is -0.642. The van der Waals surface area contributed by atoms with Crippen LogP contribution in [0.1, 0.15) is 23.7 Å². The van der Waals surface area contributed by atoms with E-state index in [1.165, 1.54) is 29.2 Å². The van der Waals surface area contributed by atoms with Crippen LogP contribution in [-0.2, 0) is 14.3 Å². The van der Waals surface area contributed by atoms with E-state index in [2.05, 4.69) is 5.32 Å². The summed E-state index contributed by atoms with van der Waals surface area (Å²) in [7, 11) is 0. The van der Waals surface area contributed by atoms with Crippen molar-refractivity contribution in [3.63, 3.8) is 0 Å². The lowest BCUT2D eigenvalue weighted by molar-refractivity contribution is -0.143. The molecule has 0 saturated heterocycles. The van der Waals surface area contributed by atoms with E-state index in [0.717, 1.165) is 0 Å². The van der Waals surface area contributed by atoms with Gasteiger partial charge in [0.05, 0.1) is 30.4 Å². The molecule has 1 unspecified atom stereocenters. The van der Waals surface area contributed by atoms with Gasteiger partial charge in [-0.3, -0.25) is 19.3 Å². The van der Waals surface area contributed by atoms with Gasteiger partial charge in [0.25, 0.3) is 11.8 Å². The van der Waals surface area contributed by atoms with Crippen LogP contribution in [0.2, 0.25) is 0 Å². The summed E-state index contributed by atoms with van der Waals surface area (Å²) in [6.07, 6.45) is -0.0822. The van der Waals surface area contributed by atoms with Gasteiger partial charge in [-0.2, -0.15) is 0 Å². The van der Waals surface area contributed by atoms with E-state index in [0.29, 0.717) is 17.1 Å². The number of hydrogen-bond donors (Lipinski definition) is 1. The molecule has 2 aromatic rings. The van der Waals surface area contributed by atoms with Crippen molar-refractivity contribution in [1.29, 1.82) is 0 Å². The average Bonchev–Trinajstić information content (AvgIpc) is 2.72. The van der Waals surface area contributed by atoms with Crippen molar-refractivity contribution in [2.75, 3.05) is 30.0 Å². The van der Waals surface area contributed by atoms with Gasteiger partial charge in [0.1, 0.15) is 23.9 Å². The van der Waals surface area contributed by atoms with Crippen molar-refractivity contribution in [2.45, 2.75) is 19.4 Å². The molecule has 30 heavy (non-hydrogen) atoms. The number of benzene rings is 2. The van der Waals surface area contributed by atoms with Crippen molar-refractivity contribution in [1.82, 2.24) is 0 Å². The first kappa shape index (κ1) is 19.7. The third-order valence-corrected chi connectivity index (χ3v) is 4.76. The summed E-state index contributed by atoms with van der Waals surface area (Å²) in [6.45, 7) is 1.82. The molecule has 0 aromatic heterocycles. The van der Waals surface area contributed by atoms with Gasteiger partial charge in [0.15, 0.2) is 6.61 Å². The molecular weight excluding hydrogens is 395 g/mol. The Morgan fingerprint density at radius 1 is 1.20 bits per heavy atom. The van der Waals surface area contributed by atoms with Crippen molar-refractivity contribution < 1.29 is 33.0 Å². The molecule has 0 saturated carbocycles. The van der Waals surface area contributed by atoms with Crippen LogP contribution in [0.3, 0.4) is 0 Å². The van der Waals surface area contributed by atoms with Crippen molar-refractivity contribution >= 4 is 29.2 Å². The normalized spacial score (nSPS) is 17.1. The molecule has 2 heterocycles. The number of carbonyl (C=O) groups excluding carboxylic acids is 3. The van der Waals surface area contributed by atoms with Crippen LogP contribution in [0.5, 0.6) is 11.5 Å². The SMILES string of the molecule is CCOC(=O)CC1COc2cc(F)ccc2N1C(=O)c1ccc2c(c1)NC(=O)CO2. The quantitative estimate of drug-likeness (QED) is 0.773. The number of esters is 1. The summed E-state index contributed by atoms with van der Waals surface area (Å²) in [4.78, 5) is 38.5. The standard InChI is InChI=1S/C21H19FN2O6/c1-2-28-20(26)9-14-10-29-18-8-13(22)4-5-16(18)24(14)21(27)12-3-6-17-15(7-12)23-19(25)11-30-17/h3-8,14H,2,9-11H2,1H3,(H,23,25). The molecule has 0 aliphatic carbocycles. The minimum Gasteiger partial charge on any atom is -0.489 e. The maximum absolute atomic E-state index is 13.7. The predicted octanol–water partition coefficient (Wildman–Crippen LogP) is 2.52. The number of halogens is 1. The summed E-state index contributed by atoms with van der Waals surface area (Å²) in [5.41, 5.74) is 0.997. The molecule has 4 rings (SSSR count). The van der Waals surface area contributed by atoms with Gasteiger partial charge in [0, 0.05) is 11.6 Å². The molecule has 0 spiro atoms. The van der Waals surface area contributed by atoms with Crippen LogP contribution >= 0.6 is 0 Å². The van der Waals surface area contributed by atoms with E-state index in [-0.39, 0.29) is 43.5 Å². The Morgan fingerprint density at radius 3 is 2.83 bits per heavy atom. The van der Waals surface area contributed by atoms with Gasteiger partial charge < -0.3 is 19.5 Å². The van der Waals surface area contributed by atoms with Crippen LogP contribution < -0.4 is 19.7 Å². The molecule has 156 valence electrons. The second kappa shape index (κ2) is 8.02. The van der Waals surface area contributed by atoms with E-state index in [9.17, 15) is 18.8 Å². The maximum atomic E-state index is 13.7. The van der Waals surface area contributed by atoms with Crippen LogP contribution in [0.15, 0.2) is 36.4 Å².